The van der Waals surface area contributed by atoms with Crippen LogP contribution in [-0.4, -0.2) is 4.98 Å². The first-order chi connectivity index (χ1) is 11.0. The molecule has 0 bridgehead atoms. The molecule has 1 aromatic heterocycles. The Kier molecular flexibility index (Phi) is 3.82. The average Bonchev–Trinajstić information content (AvgIpc) is 2.58. The largest absolute Gasteiger partial charge is 0.256 e. The zero-order chi connectivity index (χ0) is 16.6. The van der Waals surface area contributed by atoms with Gasteiger partial charge in [-0.2, -0.15) is 0 Å². The molecule has 2 aromatic carbocycles. The second-order valence-corrected chi connectivity index (χ2v) is 4.77. The van der Waals surface area contributed by atoms with Gasteiger partial charge in [0.05, 0.1) is 11.1 Å². The smallest absolute Gasteiger partial charge is 0.200 e. The van der Waals surface area contributed by atoms with Gasteiger partial charge in [-0.25, -0.2) is 22.0 Å². The molecule has 0 saturated heterocycles. The van der Waals surface area contributed by atoms with Crippen molar-refractivity contribution in [1.29, 1.82) is 0 Å². The Balaban J connectivity index is 2.05. The van der Waals surface area contributed by atoms with Crippen LogP contribution in [-0.2, 0) is 0 Å². The van der Waals surface area contributed by atoms with Gasteiger partial charge < -0.3 is 0 Å². The van der Waals surface area contributed by atoms with Gasteiger partial charge in [-0.1, -0.05) is 18.2 Å². The number of hydrogen-bond acceptors (Lipinski definition) is 1. The van der Waals surface area contributed by atoms with Gasteiger partial charge in [0.25, 0.3) is 0 Å². The lowest BCUT2D eigenvalue weighted by molar-refractivity contribution is 0.377. The number of pyridine rings is 1. The third-order valence-electron chi connectivity index (χ3n) is 3.31. The molecule has 0 N–H and O–H groups in total. The van der Waals surface area contributed by atoms with E-state index in [9.17, 15) is 22.0 Å². The number of hydrogen-bond donors (Lipinski definition) is 0. The van der Waals surface area contributed by atoms with Crippen LogP contribution in [0.5, 0.6) is 0 Å². The summed E-state index contributed by atoms with van der Waals surface area (Å²) in [4.78, 5) is 4.12. The quantitative estimate of drug-likeness (QED) is 0.277. The molecule has 0 saturated carbocycles. The van der Waals surface area contributed by atoms with Crippen molar-refractivity contribution in [3.63, 3.8) is 0 Å². The lowest BCUT2D eigenvalue weighted by atomic mass is 10.1. The number of benzene rings is 2. The molecule has 0 aliphatic rings. The van der Waals surface area contributed by atoms with E-state index in [1.165, 1.54) is 6.08 Å². The molecule has 6 heteroatoms. The fourth-order valence-electron chi connectivity index (χ4n) is 2.15. The molecule has 0 aliphatic carbocycles. The Morgan fingerprint density at radius 3 is 2.09 bits per heavy atom. The minimum Gasteiger partial charge on any atom is -0.256 e. The van der Waals surface area contributed by atoms with Gasteiger partial charge in [0.15, 0.2) is 23.3 Å². The second kappa shape index (κ2) is 5.79. The molecule has 0 atom stereocenters. The molecule has 3 aromatic rings. The number of halogens is 5. The summed E-state index contributed by atoms with van der Waals surface area (Å²) in [6.07, 6.45) is 3.74. The van der Waals surface area contributed by atoms with Gasteiger partial charge in [-0.3, -0.25) is 4.98 Å². The topological polar surface area (TPSA) is 12.9 Å². The first-order valence-electron chi connectivity index (χ1n) is 6.53. The van der Waals surface area contributed by atoms with Crippen molar-refractivity contribution in [3.05, 3.63) is 76.7 Å². The van der Waals surface area contributed by atoms with Gasteiger partial charge >= 0.3 is 0 Å². The van der Waals surface area contributed by atoms with Crippen LogP contribution in [0.25, 0.3) is 23.1 Å². The van der Waals surface area contributed by atoms with E-state index in [2.05, 4.69) is 4.98 Å². The van der Waals surface area contributed by atoms with Crippen LogP contribution in [0.15, 0.2) is 36.5 Å². The van der Waals surface area contributed by atoms with Crippen LogP contribution in [0.3, 0.4) is 0 Å². The SMILES string of the molecule is Fc1c(F)c(F)c(/C=C/c2ccc3ncccc3c2)c(F)c1F. The molecule has 0 amide bonds. The molecule has 3 rings (SSSR count). The van der Waals surface area contributed by atoms with Gasteiger partial charge in [-0.15, -0.1) is 0 Å². The number of fused-ring (bicyclic) bond motifs is 1. The molecule has 0 radical (unpaired) electrons. The normalized spacial score (nSPS) is 11.5. The Bertz CT molecular complexity index is 905. The monoisotopic (exact) mass is 321 g/mol. The van der Waals surface area contributed by atoms with Crippen molar-refractivity contribution < 1.29 is 22.0 Å². The maximum atomic E-state index is 13.6. The fraction of sp³-hybridized carbons (Fsp3) is 0. The summed E-state index contributed by atoms with van der Waals surface area (Å²) in [7, 11) is 0. The lowest BCUT2D eigenvalue weighted by Gasteiger charge is -2.04. The standard InChI is InChI=1S/C17H8F5N/c18-13-11(14(19)16(21)17(22)15(13)20)5-3-9-4-6-12-10(8-9)2-1-7-23-12/h1-8H/b5-3+. The number of nitrogens with zero attached hydrogens (tertiary/aromatic N) is 1. The van der Waals surface area contributed by atoms with E-state index in [1.807, 2.05) is 0 Å². The van der Waals surface area contributed by atoms with Crippen LogP contribution >= 0.6 is 0 Å². The van der Waals surface area contributed by atoms with E-state index in [4.69, 9.17) is 0 Å². The molecule has 23 heavy (non-hydrogen) atoms. The van der Waals surface area contributed by atoms with E-state index in [1.54, 1.807) is 36.5 Å². The predicted molar refractivity (Wildman–Crippen MR) is 76.9 cm³/mol. The van der Waals surface area contributed by atoms with Crippen LogP contribution in [0.1, 0.15) is 11.1 Å². The second-order valence-electron chi connectivity index (χ2n) is 4.77. The van der Waals surface area contributed by atoms with Crippen molar-refractivity contribution in [2.75, 3.05) is 0 Å². The Morgan fingerprint density at radius 1 is 0.739 bits per heavy atom. The zero-order valence-corrected chi connectivity index (χ0v) is 11.5. The Hall–Kier alpha value is -2.76. The summed E-state index contributed by atoms with van der Waals surface area (Å²) in [6.45, 7) is 0. The van der Waals surface area contributed by atoms with Crippen molar-refractivity contribution in [2.24, 2.45) is 0 Å². The summed E-state index contributed by atoms with van der Waals surface area (Å²) < 4.78 is 66.4. The van der Waals surface area contributed by atoms with Crippen molar-refractivity contribution in [3.8, 4) is 0 Å². The minimum absolute atomic E-state index is 0.537. The van der Waals surface area contributed by atoms with Crippen molar-refractivity contribution in [1.82, 2.24) is 4.98 Å². The van der Waals surface area contributed by atoms with Crippen molar-refractivity contribution >= 4 is 23.1 Å². The fourth-order valence-corrected chi connectivity index (χ4v) is 2.15. The highest BCUT2D eigenvalue weighted by Gasteiger charge is 2.24. The molecule has 1 nitrogen and oxygen atoms in total. The number of rotatable bonds is 2. The predicted octanol–water partition coefficient (Wildman–Crippen LogP) is 5.10. The van der Waals surface area contributed by atoms with E-state index in [-0.39, 0.29) is 0 Å². The molecular weight excluding hydrogens is 313 g/mol. The average molecular weight is 321 g/mol. The summed E-state index contributed by atoms with van der Waals surface area (Å²) in [5, 5.41) is 0.784. The minimum atomic E-state index is -2.17. The van der Waals surface area contributed by atoms with E-state index in [0.29, 0.717) is 5.56 Å². The van der Waals surface area contributed by atoms with Crippen LogP contribution < -0.4 is 0 Å². The van der Waals surface area contributed by atoms with Crippen LogP contribution in [0.2, 0.25) is 0 Å². The molecule has 0 aliphatic heterocycles. The lowest BCUT2D eigenvalue weighted by Crippen LogP contribution is -2.03. The van der Waals surface area contributed by atoms with E-state index >= 15 is 0 Å². The molecule has 1 heterocycles. The maximum Gasteiger partial charge on any atom is 0.200 e. The summed E-state index contributed by atoms with van der Waals surface area (Å²) in [5.74, 6) is -9.83. The Morgan fingerprint density at radius 2 is 1.39 bits per heavy atom. The zero-order valence-electron chi connectivity index (χ0n) is 11.5. The molecular formula is C17H8F5N. The molecule has 0 fully saturated rings. The highest BCUT2D eigenvalue weighted by atomic mass is 19.2. The van der Waals surface area contributed by atoms with Crippen molar-refractivity contribution in [2.45, 2.75) is 0 Å². The maximum absolute atomic E-state index is 13.6. The van der Waals surface area contributed by atoms with Gasteiger partial charge in [0, 0.05) is 11.6 Å². The summed E-state index contributed by atoms with van der Waals surface area (Å²) in [5.41, 5.74) is 0.281. The van der Waals surface area contributed by atoms with E-state index in [0.717, 1.165) is 17.0 Å². The van der Waals surface area contributed by atoms with Crippen LogP contribution in [0, 0.1) is 29.1 Å². The molecule has 0 unspecified atom stereocenters. The first-order valence-corrected chi connectivity index (χ1v) is 6.53. The van der Waals surface area contributed by atoms with Gasteiger partial charge in [0.1, 0.15) is 0 Å². The third kappa shape index (κ3) is 2.67. The molecule has 116 valence electrons. The van der Waals surface area contributed by atoms with Gasteiger partial charge in [-0.05, 0) is 29.8 Å². The molecule has 0 spiro atoms. The third-order valence-corrected chi connectivity index (χ3v) is 3.31. The Labute approximate surface area is 127 Å². The highest BCUT2D eigenvalue weighted by molar-refractivity contribution is 5.83. The summed E-state index contributed by atoms with van der Waals surface area (Å²) >= 11 is 0. The highest BCUT2D eigenvalue weighted by Crippen LogP contribution is 2.25. The van der Waals surface area contributed by atoms with Gasteiger partial charge in [0.2, 0.25) is 5.82 Å². The summed E-state index contributed by atoms with van der Waals surface area (Å²) in [6, 6.07) is 8.51. The number of aromatic nitrogens is 1. The van der Waals surface area contributed by atoms with E-state index < -0.39 is 34.6 Å². The van der Waals surface area contributed by atoms with Crippen LogP contribution in [0.4, 0.5) is 22.0 Å². The first kappa shape index (κ1) is 15.1.